The van der Waals surface area contributed by atoms with Gasteiger partial charge in [0.15, 0.2) is 5.75 Å². The first-order valence-corrected chi connectivity index (χ1v) is 5.33. The Kier molecular flexibility index (Phi) is 4.25. The molecule has 0 aliphatic carbocycles. The maximum Gasteiger partial charge on any atom is 0.190 e. The van der Waals surface area contributed by atoms with Crippen molar-refractivity contribution in [3.8, 4) is 5.75 Å². The number of nitrogens with one attached hydrogen (secondary N) is 1. The third kappa shape index (κ3) is 3.36. The lowest BCUT2D eigenvalue weighted by atomic mass is 10.3. The number of hydrogen-bond donors (Lipinski definition) is 1. The van der Waals surface area contributed by atoms with Gasteiger partial charge in [-0.2, -0.15) is 0 Å². The van der Waals surface area contributed by atoms with Crippen molar-refractivity contribution in [1.29, 1.82) is 0 Å². The van der Waals surface area contributed by atoms with E-state index in [9.17, 15) is 0 Å². The van der Waals surface area contributed by atoms with Crippen LogP contribution in [0.2, 0.25) is 0 Å². The molecule has 0 unspecified atom stereocenters. The zero-order chi connectivity index (χ0) is 9.68. The van der Waals surface area contributed by atoms with Gasteiger partial charge in [0.05, 0.1) is 0 Å². The molecule has 13 heavy (non-hydrogen) atoms. The average molecular weight is 245 g/mol. The molecule has 0 amide bonds. The third-order valence-electron chi connectivity index (χ3n) is 1.86. The second-order valence-corrected chi connectivity index (χ2v) is 3.72. The maximum atomic E-state index is 5.66. The smallest absolute Gasteiger partial charge is 0.190 e. The Labute approximate surface area is 87.6 Å². The van der Waals surface area contributed by atoms with E-state index < -0.39 is 0 Å². The van der Waals surface area contributed by atoms with E-state index in [2.05, 4.69) is 29.8 Å². The average Bonchev–Trinajstić information content (AvgIpc) is 2.17. The van der Waals surface area contributed by atoms with Crippen LogP contribution in [0.1, 0.15) is 13.8 Å². The van der Waals surface area contributed by atoms with Crippen molar-refractivity contribution in [2.45, 2.75) is 13.8 Å². The molecule has 1 aromatic carbocycles. The van der Waals surface area contributed by atoms with Crippen molar-refractivity contribution in [2.75, 3.05) is 13.1 Å². The Morgan fingerprint density at radius 1 is 1.15 bits per heavy atom. The molecule has 0 fully saturated rings. The molecule has 0 aliphatic heterocycles. The van der Waals surface area contributed by atoms with Crippen LogP contribution < -0.4 is 9.90 Å². The lowest BCUT2D eigenvalue weighted by molar-refractivity contribution is -1.06. The molecule has 0 saturated carbocycles. The number of benzene rings is 1. The van der Waals surface area contributed by atoms with Crippen molar-refractivity contribution < 1.29 is 9.90 Å². The zero-order valence-corrected chi connectivity index (χ0v) is 9.60. The topological polar surface area (TPSA) is 13.7 Å². The molecule has 0 radical (unpaired) electrons. The van der Waals surface area contributed by atoms with Gasteiger partial charge in [-0.3, -0.25) is 0 Å². The van der Waals surface area contributed by atoms with Crippen molar-refractivity contribution in [2.24, 2.45) is 0 Å². The summed E-state index contributed by atoms with van der Waals surface area (Å²) in [6.45, 7) is 6.18. The molecule has 0 aromatic heterocycles. The van der Waals surface area contributed by atoms with E-state index in [1.807, 2.05) is 24.3 Å². The van der Waals surface area contributed by atoms with E-state index in [1.54, 1.807) is 0 Å². The summed E-state index contributed by atoms with van der Waals surface area (Å²) in [4.78, 5) is 5.66. The lowest BCUT2D eigenvalue weighted by Gasteiger charge is -2.14. The normalized spacial score (nSPS) is 10.5. The predicted octanol–water partition coefficient (Wildman–Crippen LogP) is 1.67. The van der Waals surface area contributed by atoms with Crippen molar-refractivity contribution in [3.63, 3.8) is 0 Å². The van der Waals surface area contributed by atoms with Crippen LogP contribution in [0.3, 0.4) is 0 Å². The van der Waals surface area contributed by atoms with Crippen LogP contribution >= 0.6 is 15.9 Å². The monoisotopic (exact) mass is 244 g/mol. The Morgan fingerprint density at radius 3 is 2.15 bits per heavy atom. The zero-order valence-electron chi connectivity index (χ0n) is 8.01. The summed E-state index contributed by atoms with van der Waals surface area (Å²) in [5.74, 6) is 0.918. The number of quaternary nitrogens is 1. The Balaban J connectivity index is 2.58. The van der Waals surface area contributed by atoms with Crippen molar-refractivity contribution >= 4 is 15.9 Å². The summed E-state index contributed by atoms with van der Waals surface area (Å²) in [5.41, 5.74) is 0. The van der Waals surface area contributed by atoms with Crippen LogP contribution in [-0.4, -0.2) is 13.1 Å². The standard InChI is InChI=1S/C10H14BrNO/c1-3-12(4-2)13-10-7-5-9(11)6-8-10/h5-8H,3-4H2,1-2H3/p+1. The molecule has 0 bridgehead atoms. The summed E-state index contributed by atoms with van der Waals surface area (Å²) in [7, 11) is 0. The second kappa shape index (κ2) is 5.25. The van der Waals surface area contributed by atoms with E-state index >= 15 is 0 Å². The van der Waals surface area contributed by atoms with Gasteiger partial charge in [0, 0.05) is 4.47 Å². The quantitative estimate of drug-likeness (QED) is 0.796. The highest BCUT2D eigenvalue weighted by Gasteiger charge is 2.04. The molecule has 2 nitrogen and oxygen atoms in total. The molecule has 0 aliphatic rings. The van der Waals surface area contributed by atoms with E-state index in [0.29, 0.717) is 0 Å². The molecule has 1 N–H and O–H groups in total. The van der Waals surface area contributed by atoms with Crippen molar-refractivity contribution in [3.05, 3.63) is 28.7 Å². The number of hydroxylamine groups is 2. The van der Waals surface area contributed by atoms with E-state index in [-0.39, 0.29) is 0 Å². The minimum atomic E-state index is 0.918. The molecule has 3 heteroatoms. The minimum absolute atomic E-state index is 0.918. The van der Waals surface area contributed by atoms with Crippen LogP contribution in [0.15, 0.2) is 28.7 Å². The van der Waals surface area contributed by atoms with Crippen LogP contribution in [-0.2, 0) is 0 Å². The molecule has 0 spiro atoms. The Bertz CT molecular complexity index is 244. The molecule has 0 atom stereocenters. The fraction of sp³-hybridized carbons (Fsp3) is 0.400. The van der Waals surface area contributed by atoms with Gasteiger partial charge in [-0.25, -0.2) is 0 Å². The number of rotatable bonds is 4. The van der Waals surface area contributed by atoms with Gasteiger partial charge in [0.1, 0.15) is 13.1 Å². The summed E-state index contributed by atoms with van der Waals surface area (Å²) in [6, 6.07) is 7.90. The maximum absolute atomic E-state index is 5.66. The highest BCUT2D eigenvalue weighted by molar-refractivity contribution is 9.10. The van der Waals surface area contributed by atoms with Gasteiger partial charge in [0.25, 0.3) is 0 Å². The van der Waals surface area contributed by atoms with Crippen LogP contribution in [0.4, 0.5) is 0 Å². The SMILES string of the molecule is CC[NH+](CC)Oc1ccc(Br)cc1. The summed E-state index contributed by atoms with van der Waals surface area (Å²) < 4.78 is 1.08. The predicted molar refractivity (Wildman–Crippen MR) is 56.8 cm³/mol. The van der Waals surface area contributed by atoms with Gasteiger partial charge >= 0.3 is 0 Å². The van der Waals surface area contributed by atoms with E-state index in [1.165, 1.54) is 0 Å². The van der Waals surface area contributed by atoms with Crippen LogP contribution in [0.5, 0.6) is 5.75 Å². The van der Waals surface area contributed by atoms with Crippen molar-refractivity contribution in [1.82, 2.24) is 0 Å². The van der Waals surface area contributed by atoms with Gasteiger partial charge in [-0.05, 0) is 38.1 Å². The third-order valence-corrected chi connectivity index (χ3v) is 2.39. The molecule has 0 heterocycles. The largest absolute Gasteiger partial charge is 0.317 e. The molecular weight excluding hydrogens is 230 g/mol. The van der Waals surface area contributed by atoms with Gasteiger partial charge < -0.3 is 4.84 Å². The Hall–Kier alpha value is -0.540. The fourth-order valence-corrected chi connectivity index (χ4v) is 1.33. The first-order chi connectivity index (χ1) is 6.26. The van der Waals surface area contributed by atoms with E-state index in [4.69, 9.17) is 4.84 Å². The number of hydrogen-bond acceptors (Lipinski definition) is 1. The van der Waals surface area contributed by atoms with E-state index in [0.717, 1.165) is 28.4 Å². The first kappa shape index (κ1) is 10.5. The lowest BCUT2D eigenvalue weighted by Crippen LogP contribution is -3.13. The summed E-state index contributed by atoms with van der Waals surface area (Å²) in [5, 5.41) is 1.13. The molecule has 0 saturated heterocycles. The van der Waals surface area contributed by atoms with Gasteiger partial charge in [-0.1, -0.05) is 15.9 Å². The highest BCUT2D eigenvalue weighted by atomic mass is 79.9. The second-order valence-electron chi connectivity index (χ2n) is 2.80. The molecule has 72 valence electrons. The van der Waals surface area contributed by atoms with Crippen LogP contribution in [0, 0.1) is 0 Å². The Morgan fingerprint density at radius 2 is 1.69 bits per heavy atom. The first-order valence-electron chi connectivity index (χ1n) is 4.54. The molecule has 1 aromatic rings. The summed E-state index contributed by atoms with van der Waals surface area (Å²) in [6.07, 6.45) is 0. The van der Waals surface area contributed by atoms with Crippen LogP contribution in [0.25, 0.3) is 0 Å². The number of halogens is 1. The molecule has 1 rings (SSSR count). The highest BCUT2D eigenvalue weighted by Crippen LogP contribution is 2.14. The minimum Gasteiger partial charge on any atom is -0.317 e. The summed E-state index contributed by atoms with van der Waals surface area (Å²) >= 11 is 3.38. The fourth-order valence-electron chi connectivity index (χ4n) is 1.06. The van der Waals surface area contributed by atoms with Gasteiger partial charge in [0.2, 0.25) is 0 Å². The molecular formula is C10H15BrNO+. The van der Waals surface area contributed by atoms with Gasteiger partial charge in [-0.15, -0.1) is 5.06 Å².